The van der Waals surface area contributed by atoms with Crippen LogP contribution in [0.15, 0.2) is 53.6 Å². The van der Waals surface area contributed by atoms with E-state index in [1.165, 1.54) is 49.7 Å². The molecule has 0 unspecified atom stereocenters. The Hall–Kier alpha value is -2.16. The van der Waals surface area contributed by atoms with Gasteiger partial charge in [-0.2, -0.15) is 0 Å². The molecule has 0 aromatic heterocycles. The molecule has 0 amide bonds. The van der Waals surface area contributed by atoms with E-state index in [-0.39, 0.29) is 0 Å². The number of rotatable bonds is 10. The molecule has 0 fully saturated rings. The number of benzene rings is 2. The van der Waals surface area contributed by atoms with Gasteiger partial charge in [0.05, 0.1) is 0 Å². The third-order valence-corrected chi connectivity index (χ3v) is 4.53. The van der Waals surface area contributed by atoms with E-state index in [1.54, 1.807) is 0 Å². The predicted molar refractivity (Wildman–Crippen MR) is 105 cm³/mol. The maximum Gasteiger partial charge on any atom is 0.244 e. The fraction of sp³-hybridized carbons (Fsp3) is 0.455. The van der Waals surface area contributed by atoms with Gasteiger partial charge in [-0.05, 0) is 42.5 Å². The molecule has 0 N–H and O–H groups in total. The van der Waals surface area contributed by atoms with Gasteiger partial charge in [-0.3, -0.25) is 0 Å². The first kappa shape index (κ1) is 19.2. The minimum Gasteiger partial charge on any atom is -0.594 e. The minimum absolute atomic E-state index is 0.575. The molecule has 3 nitrogen and oxygen atoms in total. The third-order valence-electron chi connectivity index (χ3n) is 4.53. The Bertz CT molecular complexity index is 645. The van der Waals surface area contributed by atoms with Gasteiger partial charge in [-0.15, -0.1) is 0 Å². The van der Waals surface area contributed by atoms with Crippen LogP contribution in [0.4, 0.5) is 11.4 Å². The molecule has 0 saturated heterocycles. The van der Waals surface area contributed by atoms with Crippen molar-refractivity contribution >= 4 is 11.4 Å². The largest absolute Gasteiger partial charge is 0.594 e. The van der Waals surface area contributed by atoms with Crippen molar-refractivity contribution in [2.24, 2.45) is 5.11 Å². The van der Waals surface area contributed by atoms with Gasteiger partial charge in [0.1, 0.15) is 5.69 Å². The number of hydrogen-bond donors (Lipinski definition) is 0. The van der Waals surface area contributed by atoms with Crippen LogP contribution < -0.4 is 0 Å². The van der Waals surface area contributed by atoms with Crippen LogP contribution >= 0.6 is 0 Å². The standard InChI is InChI=1S/C22H30N2O/c1-3-5-6-7-8-9-10-20-13-17-22(18-14-20)24(25)23-21-15-11-19(4-2)12-16-21/h11-18H,3-10H2,1-2H3. The molecule has 0 radical (unpaired) electrons. The van der Waals surface area contributed by atoms with E-state index in [1.807, 2.05) is 48.5 Å². The minimum atomic E-state index is 0.575. The number of unbranched alkanes of at least 4 members (excludes halogenated alkanes) is 5. The second-order valence-corrected chi connectivity index (χ2v) is 6.58. The number of hydrogen-bond acceptors (Lipinski definition) is 2. The highest BCUT2D eigenvalue weighted by Crippen LogP contribution is 2.19. The van der Waals surface area contributed by atoms with Crippen molar-refractivity contribution in [2.75, 3.05) is 0 Å². The van der Waals surface area contributed by atoms with Crippen LogP contribution in [0.1, 0.15) is 63.5 Å². The molecule has 2 aromatic carbocycles. The van der Waals surface area contributed by atoms with E-state index in [2.05, 4.69) is 19.0 Å². The van der Waals surface area contributed by atoms with Crippen molar-refractivity contribution in [3.05, 3.63) is 64.9 Å². The lowest BCUT2D eigenvalue weighted by molar-refractivity contribution is -0.435. The van der Waals surface area contributed by atoms with Gasteiger partial charge >= 0.3 is 0 Å². The maximum atomic E-state index is 12.2. The van der Waals surface area contributed by atoms with Crippen molar-refractivity contribution in [2.45, 2.75) is 65.2 Å². The lowest BCUT2D eigenvalue weighted by Crippen LogP contribution is -1.92. The van der Waals surface area contributed by atoms with Crippen molar-refractivity contribution in [1.82, 2.24) is 0 Å². The second kappa shape index (κ2) is 10.7. The Morgan fingerprint density at radius 1 is 0.760 bits per heavy atom. The summed E-state index contributed by atoms with van der Waals surface area (Å²) in [6, 6.07) is 15.6. The first-order chi connectivity index (χ1) is 12.2. The molecule has 25 heavy (non-hydrogen) atoms. The summed E-state index contributed by atoms with van der Waals surface area (Å²) in [5.41, 5.74) is 3.80. The van der Waals surface area contributed by atoms with E-state index in [4.69, 9.17) is 0 Å². The summed E-state index contributed by atoms with van der Waals surface area (Å²) < 4.78 is 0. The van der Waals surface area contributed by atoms with Crippen molar-refractivity contribution < 1.29 is 4.86 Å². The molecule has 0 aliphatic carbocycles. The van der Waals surface area contributed by atoms with Gasteiger partial charge < -0.3 is 5.21 Å². The fourth-order valence-corrected chi connectivity index (χ4v) is 2.86. The Balaban J connectivity index is 1.86. The molecule has 0 saturated carbocycles. The normalized spacial score (nSPS) is 11.7. The Morgan fingerprint density at radius 3 is 2.00 bits per heavy atom. The van der Waals surface area contributed by atoms with E-state index < -0.39 is 0 Å². The molecule has 0 bridgehead atoms. The van der Waals surface area contributed by atoms with Gasteiger partial charge in [0.2, 0.25) is 5.69 Å². The molecule has 0 aliphatic heterocycles. The number of azo groups is 1. The van der Waals surface area contributed by atoms with Crippen LogP contribution in [0.5, 0.6) is 0 Å². The van der Waals surface area contributed by atoms with Crippen LogP contribution in [-0.4, -0.2) is 4.86 Å². The van der Waals surface area contributed by atoms with Crippen molar-refractivity contribution in [1.29, 1.82) is 0 Å². The van der Waals surface area contributed by atoms with Gasteiger partial charge in [0, 0.05) is 17.2 Å². The van der Waals surface area contributed by atoms with Gasteiger partial charge in [0.25, 0.3) is 0 Å². The van der Waals surface area contributed by atoms with Crippen LogP contribution in [-0.2, 0) is 12.8 Å². The lowest BCUT2D eigenvalue weighted by Gasteiger charge is -2.04. The summed E-state index contributed by atoms with van der Waals surface area (Å²) >= 11 is 0. The van der Waals surface area contributed by atoms with Crippen LogP contribution in [0.3, 0.4) is 0 Å². The van der Waals surface area contributed by atoms with Gasteiger partial charge in [-0.25, -0.2) is 0 Å². The van der Waals surface area contributed by atoms with Gasteiger partial charge in [0.15, 0.2) is 0 Å². The highest BCUT2D eigenvalue weighted by molar-refractivity contribution is 5.38. The van der Waals surface area contributed by atoms with Crippen LogP contribution in [0, 0.1) is 5.21 Å². The molecule has 2 rings (SSSR count). The quantitative estimate of drug-likeness (QED) is 0.197. The topological polar surface area (TPSA) is 38.4 Å². The molecular formula is C22H30N2O. The summed E-state index contributed by atoms with van der Waals surface area (Å²) in [5.74, 6) is 0. The number of nitrogens with zero attached hydrogens (tertiary/aromatic N) is 2. The maximum absolute atomic E-state index is 12.2. The highest BCUT2D eigenvalue weighted by Gasteiger charge is 2.04. The SMILES string of the molecule is CCCCCCCCc1ccc([N+]([O-])=Nc2ccc(CC)cc2)cc1. The zero-order valence-corrected chi connectivity index (χ0v) is 15.6. The molecule has 0 aliphatic rings. The number of aryl methyl sites for hydroxylation is 2. The monoisotopic (exact) mass is 338 g/mol. The molecule has 3 heteroatoms. The average Bonchev–Trinajstić information content (AvgIpc) is 2.65. The van der Waals surface area contributed by atoms with E-state index >= 15 is 0 Å². The molecular weight excluding hydrogens is 308 g/mol. The summed E-state index contributed by atoms with van der Waals surface area (Å²) in [5, 5.41) is 16.3. The Labute approximate surface area is 152 Å². The predicted octanol–water partition coefficient (Wildman–Crippen LogP) is 7.08. The Morgan fingerprint density at radius 2 is 1.36 bits per heavy atom. The average molecular weight is 338 g/mol. The van der Waals surface area contributed by atoms with Crippen LogP contribution in [0.2, 0.25) is 0 Å². The smallest absolute Gasteiger partial charge is 0.244 e. The first-order valence-corrected chi connectivity index (χ1v) is 9.59. The third kappa shape index (κ3) is 6.69. The summed E-state index contributed by atoms with van der Waals surface area (Å²) in [6.07, 6.45) is 9.90. The molecule has 134 valence electrons. The first-order valence-electron chi connectivity index (χ1n) is 9.59. The zero-order chi connectivity index (χ0) is 17.9. The molecule has 0 heterocycles. The molecule has 0 atom stereocenters. The Kier molecular flexibility index (Phi) is 8.17. The lowest BCUT2D eigenvalue weighted by atomic mass is 10.0. The van der Waals surface area contributed by atoms with Crippen molar-refractivity contribution in [3.8, 4) is 0 Å². The summed E-state index contributed by atoms with van der Waals surface area (Å²) in [4.78, 5) is 0.704. The van der Waals surface area contributed by atoms with Gasteiger partial charge in [-0.1, -0.05) is 75.1 Å². The van der Waals surface area contributed by atoms with Crippen molar-refractivity contribution in [3.63, 3.8) is 0 Å². The fourth-order valence-electron chi connectivity index (χ4n) is 2.86. The molecule has 2 aromatic rings. The molecule has 0 spiro atoms. The van der Waals surface area contributed by atoms with E-state index in [9.17, 15) is 5.21 Å². The van der Waals surface area contributed by atoms with Crippen LogP contribution in [0.25, 0.3) is 0 Å². The van der Waals surface area contributed by atoms with E-state index in [0.29, 0.717) is 16.2 Å². The van der Waals surface area contributed by atoms with E-state index in [0.717, 1.165) is 12.8 Å². The second-order valence-electron chi connectivity index (χ2n) is 6.58. The summed E-state index contributed by atoms with van der Waals surface area (Å²) in [7, 11) is 0. The summed E-state index contributed by atoms with van der Waals surface area (Å²) in [6.45, 7) is 4.35. The highest BCUT2D eigenvalue weighted by atomic mass is 16.5. The zero-order valence-electron chi connectivity index (χ0n) is 15.6.